The number of nitrogens with one attached hydrogen (secondary N) is 1. The third-order valence-electron chi connectivity index (χ3n) is 6.10. The first-order valence-electron chi connectivity index (χ1n) is 10.4. The molecule has 1 N–H and O–H groups in total. The molecule has 1 amide bonds. The summed E-state index contributed by atoms with van der Waals surface area (Å²) in [4.78, 5) is 30.0. The average molecular weight is 420 g/mol. The molecule has 1 aliphatic heterocycles. The van der Waals surface area contributed by atoms with Gasteiger partial charge in [0.15, 0.2) is 0 Å². The first kappa shape index (κ1) is 19.2. The van der Waals surface area contributed by atoms with Gasteiger partial charge in [0.25, 0.3) is 5.91 Å². The summed E-state index contributed by atoms with van der Waals surface area (Å²) in [6, 6.07) is 12.1. The molecule has 1 aliphatic carbocycles. The maximum Gasteiger partial charge on any atom is 0.274 e. The van der Waals surface area contributed by atoms with Crippen LogP contribution in [0.25, 0.3) is 10.4 Å². The third kappa shape index (κ3) is 3.69. The molecule has 1 saturated carbocycles. The number of likely N-dealkylation sites (tertiary alicyclic amines) is 1. The molecule has 2 aromatic heterocycles. The van der Waals surface area contributed by atoms with Crippen LogP contribution in [0.3, 0.4) is 0 Å². The Bertz CT molecular complexity index is 1080. The minimum atomic E-state index is 0.0407. The minimum absolute atomic E-state index is 0.0407. The molecule has 154 valence electrons. The fourth-order valence-electron chi connectivity index (χ4n) is 4.36. The highest BCUT2D eigenvalue weighted by Gasteiger charge is 2.53. The van der Waals surface area contributed by atoms with Crippen molar-refractivity contribution < 1.29 is 4.79 Å². The number of carbonyl (C=O) groups is 1. The Labute approximate surface area is 180 Å². The second-order valence-corrected chi connectivity index (χ2v) is 9.67. The van der Waals surface area contributed by atoms with Crippen LogP contribution in [-0.4, -0.2) is 44.9 Å². The highest BCUT2D eigenvalue weighted by atomic mass is 32.1. The Morgan fingerprint density at radius 2 is 2.00 bits per heavy atom. The molecule has 7 heteroatoms. The summed E-state index contributed by atoms with van der Waals surface area (Å²) in [5.74, 6) is 0.660. The molecule has 30 heavy (non-hydrogen) atoms. The number of anilines is 1. The van der Waals surface area contributed by atoms with Crippen LogP contribution in [0.4, 0.5) is 5.95 Å². The average Bonchev–Trinajstić information content (AvgIpc) is 3.23. The SMILES string of the molecule is Cc1ccnc(NC[C@@H]2CC3(CC3)CN2C(=O)c2nc(C)sc2-c2ccccc2)n1. The molecule has 1 spiro atoms. The van der Waals surface area contributed by atoms with Gasteiger partial charge >= 0.3 is 0 Å². The van der Waals surface area contributed by atoms with E-state index in [4.69, 9.17) is 0 Å². The van der Waals surface area contributed by atoms with Crippen LogP contribution in [0.5, 0.6) is 0 Å². The van der Waals surface area contributed by atoms with Crippen molar-refractivity contribution in [2.45, 2.75) is 39.2 Å². The molecule has 3 heterocycles. The summed E-state index contributed by atoms with van der Waals surface area (Å²) in [6.45, 7) is 5.39. The lowest BCUT2D eigenvalue weighted by Crippen LogP contribution is -2.40. The van der Waals surface area contributed by atoms with E-state index in [1.54, 1.807) is 17.5 Å². The van der Waals surface area contributed by atoms with Gasteiger partial charge in [-0.1, -0.05) is 30.3 Å². The van der Waals surface area contributed by atoms with Gasteiger partial charge in [-0.15, -0.1) is 11.3 Å². The molecule has 6 nitrogen and oxygen atoms in total. The Hall–Kier alpha value is -2.80. The highest BCUT2D eigenvalue weighted by Crippen LogP contribution is 2.55. The Balaban J connectivity index is 1.40. The van der Waals surface area contributed by atoms with Gasteiger partial charge in [0.1, 0.15) is 5.69 Å². The van der Waals surface area contributed by atoms with Crippen LogP contribution in [-0.2, 0) is 0 Å². The first-order valence-corrected chi connectivity index (χ1v) is 11.2. The fourth-order valence-corrected chi connectivity index (χ4v) is 5.28. The molecule has 1 saturated heterocycles. The zero-order valence-electron chi connectivity index (χ0n) is 17.3. The summed E-state index contributed by atoms with van der Waals surface area (Å²) in [5, 5.41) is 4.26. The molecule has 3 aromatic rings. The molecule has 2 aliphatic rings. The van der Waals surface area contributed by atoms with Gasteiger partial charge in [0.05, 0.1) is 15.9 Å². The van der Waals surface area contributed by atoms with E-state index in [9.17, 15) is 4.79 Å². The number of nitrogens with zero attached hydrogens (tertiary/aromatic N) is 4. The van der Waals surface area contributed by atoms with Crippen molar-refractivity contribution in [1.29, 1.82) is 0 Å². The minimum Gasteiger partial charge on any atom is -0.352 e. The molecule has 1 atom stereocenters. The summed E-state index contributed by atoms with van der Waals surface area (Å²) < 4.78 is 0. The first-order chi connectivity index (χ1) is 14.5. The maximum absolute atomic E-state index is 13.7. The van der Waals surface area contributed by atoms with E-state index >= 15 is 0 Å². The van der Waals surface area contributed by atoms with E-state index in [0.29, 0.717) is 23.6 Å². The predicted molar refractivity (Wildman–Crippen MR) is 119 cm³/mol. The van der Waals surface area contributed by atoms with Crippen molar-refractivity contribution in [3.63, 3.8) is 0 Å². The highest BCUT2D eigenvalue weighted by molar-refractivity contribution is 7.15. The van der Waals surface area contributed by atoms with Crippen molar-refractivity contribution in [2.24, 2.45) is 5.41 Å². The summed E-state index contributed by atoms with van der Waals surface area (Å²) in [7, 11) is 0. The second kappa shape index (κ2) is 7.47. The lowest BCUT2D eigenvalue weighted by molar-refractivity contribution is 0.0733. The number of aromatic nitrogens is 3. The number of benzene rings is 1. The number of hydrogen-bond donors (Lipinski definition) is 1. The van der Waals surface area contributed by atoms with Crippen LogP contribution >= 0.6 is 11.3 Å². The number of amides is 1. The van der Waals surface area contributed by atoms with Crippen molar-refractivity contribution in [2.75, 3.05) is 18.4 Å². The van der Waals surface area contributed by atoms with E-state index in [-0.39, 0.29) is 11.9 Å². The van der Waals surface area contributed by atoms with Crippen LogP contribution in [0.15, 0.2) is 42.6 Å². The molecule has 2 fully saturated rings. The van der Waals surface area contributed by atoms with Crippen molar-refractivity contribution in [3.8, 4) is 10.4 Å². The molecular weight excluding hydrogens is 394 g/mol. The van der Waals surface area contributed by atoms with Crippen LogP contribution in [0.1, 0.15) is 40.5 Å². The molecule has 0 radical (unpaired) electrons. The van der Waals surface area contributed by atoms with Gasteiger partial charge in [0, 0.05) is 25.0 Å². The second-order valence-electron chi connectivity index (χ2n) is 8.47. The lowest BCUT2D eigenvalue weighted by atomic mass is 10.0. The predicted octanol–water partition coefficient (Wildman–Crippen LogP) is 4.32. The van der Waals surface area contributed by atoms with Gasteiger partial charge in [-0.3, -0.25) is 4.79 Å². The smallest absolute Gasteiger partial charge is 0.274 e. The number of aryl methyl sites for hydroxylation is 2. The molecule has 5 rings (SSSR count). The standard InChI is InChI=1S/C23H25N5OS/c1-15-8-11-24-22(26-15)25-13-18-12-23(9-10-23)14-28(18)21(29)19-20(30-16(2)27-19)17-6-4-3-5-7-17/h3-8,11,18H,9-10,12-14H2,1-2H3,(H,24,25,26)/t18-/m0/s1. The van der Waals surface area contributed by atoms with Crippen LogP contribution in [0, 0.1) is 19.3 Å². The Morgan fingerprint density at radius 3 is 2.73 bits per heavy atom. The van der Waals surface area contributed by atoms with E-state index in [1.807, 2.05) is 55.1 Å². The number of thiazole rings is 1. The van der Waals surface area contributed by atoms with Gasteiger partial charge < -0.3 is 10.2 Å². The molecular formula is C23H25N5OS. The fraction of sp³-hybridized carbons (Fsp3) is 0.391. The largest absolute Gasteiger partial charge is 0.352 e. The molecule has 0 unspecified atom stereocenters. The molecule has 0 bridgehead atoms. The van der Waals surface area contributed by atoms with Gasteiger partial charge in [-0.05, 0) is 50.2 Å². The quantitative estimate of drug-likeness (QED) is 0.667. The van der Waals surface area contributed by atoms with E-state index in [1.165, 1.54) is 12.8 Å². The number of hydrogen-bond acceptors (Lipinski definition) is 6. The zero-order chi connectivity index (χ0) is 20.7. The van der Waals surface area contributed by atoms with Crippen molar-refractivity contribution >= 4 is 23.2 Å². The van der Waals surface area contributed by atoms with E-state index in [2.05, 4.69) is 20.3 Å². The van der Waals surface area contributed by atoms with Gasteiger partial charge in [-0.2, -0.15) is 0 Å². The maximum atomic E-state index is 13.7. The van der Waals surface area contributed by atoms with Crippen molar-refractivity contribution in [1.82, 2.24) is 19.9 Å². The topological polar surface area (TPSA) is 71.0 Å². The van der Waals surface area contributed by atoms with Gasteiger partial charge in [0.2, 0.25) is 5.95 Å². The van der Waals surface area contributed by atoms with Crippen LogP contribution < -0.4 is 5.32 Å². The lowest BCUT2D eigenvalue weighted by Gasteiger charge is -2.24. The Morgan fingerprint density at radius 1 is 1.20 bits per heavy atom. The van der Waals surface area contributed by atoms with Crippen molar-refractivity contribution in [3.05, 3.63) is 59.0 Å². The zero-order valence-corrected chi connectivity index (χ0v) is 18.1. The summed E-state index contributed by atoms with van der Waals surface area (Å²) in [6.07, 6.45) is 5.20. The number of carbonyl (C=O) groups excluding carboxylic acids is 1. The molecule has 1 aromatic carbocycles. The van der Waals surface area contributed by atoms with E-state index in [0.717, 1.165) is 34.1 Å². The monoisotopic (exact) mass is 419 g/mol. The summed E-state index contributed by atoms with van der Waals surface area (Å²) in [5.41, 5.74) is 2.86. The van der Waals surface area contributed by atoms with Crippen LogP contribution in [0.2, 0.25) is 0 Å². The third-order valence-corrected chi connectivity index (χ3v) is 7.12. The van der Waals surface area contributed by atoms with Gasteiger partial charge in [-0.25, -0.2) is 15.0 Å². The Kier molecular flexibility index (Phi) is 4.77. The summed E-state index contributed by atoms with van der Waals surface area (Å²) >= 11 is 1.59. The van der Waals surface area contributed by atoms with E-state index < -0.39 is 0 Å². The number of rotatable bonds is 5. The normalized spacial score (nSPS) is 19.3.